The Labute approximate surface area is 170 Å². The highest BCUT2D eigenvalue weighted by molar-refractivity contribution is 5.94. The van der Waals surface area contributed by atoms with Crippen molar-refractivity contribution < 1.29 is 14.7 Å². The molecule has 0 unspecified atom stereocenters. The van der Waals surface area contributed by atoms with Crippen LogP contribution in [0.1, 0.15) is 25.7 Å². The van der Waals surface area contributed by atoms with Crippen LogP contribution in [0, 0.1) is 5.92 Å². The fraction of sp³-hybridized carbons (Fsp3) is 0.391. The van der Waals surface area contributed by atoms with E-state index in [9.17, 15) is 9.59 Å². The zero-order valence-electron chi connectivity index (χ0n) is 16.4. The third-order valence-electron chi connectivity index (χ3n) is 5.75. The molecule has 152 valence electrons. The normalized spacial score (nSPS) is 20.7. The van der Waals surface area contributed by atoms with Gasteiger partial charge in [-0.3, -0.25) is 9.69 Å². The first-order valence-electron chi connectivity index (χ1n) is 10.3. The van der Waals surface area contributed by atoms with E-state index in [1.54, 1.807) is 0 Å². The monoisotopic (exact) mass is 393 g/mol. The highest BCUT2D eigenvalue weighted by atomic mass is 16.4. The van der Waals surface area contributed by atoms with Crippen LogP contribution in [-0.4, -0.2) is 47.2 Å². The zero-order valence-corrected chi connectivity index (χ0v) is 16.4. The summed E-state index contributed by atoms with van der Waals surface area (Å²) in [6.45, 7) is 0.949. The van der Waals surface area contributed by atoms with Gasteiger partial charge in [-0.05, 0) is 43.2 Å². The van der Waals surface area contributed by atoms with Crippen molar-refractivity contribution in [2.45, 2.75) is 37.8 Å². The van der Waals surface area contributed by atoms with Gasteiger partial charge in [0, 0.05) is 24.2 Å². The van der Waals surface area contributed by atoms with Crippen LogP contribution in [0.25, 0.3) is 11.1 Å². The molecule has 2 fully saturated rings. The van der Waals surface area contributed by atoms with Gasteiger partial charge in [0.2, 0.25) is 0 Å². The number of anilines is 1. The van der Waals surface area contributed by atoms with Gasteiger partial charge in [-0.15, -0.1) is 0 Å². The van der Waals surface area contributed by atoms with E-state index in [0.717, 1.165) is 36.2 Å². The number of carbonyl (C=O) groups is 2. The molecule has 2 saturated carbocycles. The van der Waals surface area contributed by atoms with E-state index in [2.05, 4.69) is 15.5 Å². The number of rotatable bonds is 8. The van der Waals surface area contributed by atoms with Crippen molar-refractivity contribution in [2.24, 2.45) is 5.92 Å². The quantitative estimate of drug-likeness (QED) is 0.637. The highest BCUT2D eigenvalue weighted by Gasteiger charge is 2.37. The molecule has 0 atom stereocenters. The number of amides is 2. The lowest BCUT2D eigenvalue weighted by Gasteiger charge is -2.42. The van der Waals surface area contributed by atoms with Crippen LogP contribution >= 0.6 is 0 Å². The molecule has 2 aromatic rings. The van der Waals surface area contributed by atoms with Crippen LogP contribution in [0.2, 0.25) is 0 Å². The van der Waals surface area contributed by atoms with E-state index < -0.39 is 5.97 Å². The van der Waals surface area contributed by atoms with E-state index in [1.165, 1.54) is 12.8 Å². The molecule has 2 amide bonds. The predicted molar refractivity (Wildman–Crippen MR) is 113 cm³/mol. The van der Waals surface area contributed by atoms with E-state index in [0.29, 0.717) is 5.92 Å². The lowest BCUT2D eigenvalue weighted by Crippen LogP contribution is -2.55. The third-order valence-corrected chi connectivity index (χ3v) is 5.75. The summed E-state index contributed by atoms with van der Waals surface area (Å²) < 4.78 is 0. The predicted octanol–water partition coefficient (Wildman–Crippen LogP) is 3.80. The summed E-state index contributed by atoms with van der Waals surface area (Å²) in [5.41, 5.74) is 2.80. The number of aliphatic carboxylic acids is 1. The van der Waals surface area contributed by atoms with Crippen LogP contribution in [0.15, 0.2) is 54.6 Å². The zero-order chi connectivity index (χ0) is 20.2. The van der Waals surface area contributed by atoms with Gasteiger partial charge in [0.25, 0.3) is 0 Å². The summed E-state index contributed by atoms with van der Waals surface area (Å²) in [6, 6.07) is 17.8. The lowest BCUT2D eigenvalue weighted by molar-refractivity contribution is -0.139. The van der Waals surface area contributed by atoms with Gasteiger partial charge < -0.3 is 15.7 Å². The van der Waals surface area contributed by atoms with E-state index in [1.807, 2.05) is 54.6 Å². The number of para-hydroxylation sites is 1. The van der Waals surface area contributed by atoms with Gasteiger partial charge in [0.15, 0.2) is 0 Å². The topological polar surface area (TPSA) is 81.7 Å². The molecule has 0 radical (unpaired) electrons. The maximum absolute atomic E-state index is 12.5. The minimum absolute atomic E-state index is 0.0828. The highest BCUT2D eigenvalue weighted by Crippen LogP contribution is 2.34. The molecule has 3 N–H and O–H groups in total. The number of hydrogen-bond donors (Lipinski definition) is 3. The standard InChI is InChI=1S/C23H27N3O3/c27-22(28)15-26(14-16-10-11-16)19-12-18(13-19)24-23(29)25-21-9-5-4-8-20(21)17-6-2-1-3-7-17/h1-9,16,18-19H,10-15H2,(H,27,28)(H2,24,25,29). The average Bonchev–Trinajstić information content (AvgIpc) is 3.49. The third kappa shape index (κ3) is 5.15. The van der Waals surface area contributed by atoms with Gasteiger partial charge in [-0.2, -0.15) is 0 Å². The number of benzene rings is 2. The Hall–Kier alpha value is -2.86. The number of urea groups is 1. The van der Waals surface area contributed by atoms with Crippen LogP contribution < -0.4 is 10.6 Å². The smallest absolute Gasteiger partial charge is 0.319 e. The molecule has 0 aromatic heterocycles. The molecule has 0 aliphatic heterocycles. The van der Waals surface area contributed by atoms with Crippen LogP contribution in [-0.2, 0) is 4.79 Å². The molecule has 0 heterocycles. The van der Waals surface area contributed by atoms with E-state index in [-0.39, 0.29) is 24.7 Å². The van der Waals surface area contributed by atoms with Crippen LogP contribution in [0.3, 0.4) is 0 Å². The van der Waals surface area contributed by atoms with Crippen molar-refractivity contribution in [3.63, 3.8) is 0 Å². The lowest BCUT2D eigenvalue weighted by atomic mass is 9.85. The Morgan fingerprint density at radius 1 is 1.00 bits per heavy atom. The first-order chi connectivity index (χ1) is 14.1. The summed E-state index contributed by atoms with van der Waals surface area (Å²) >= 11 is 0. The second-order valence-electron chi connectivity index (χ2n) is 8.10. The minimum atomic E-state index is -0.780. The molecule has 6 nitrogen and oxygen atoms in total. The number of hydrogen-bond acceptors (Lipinski definition) is 3. The first kappa shape index (κ1) is 19.5. The summed E-state index contributed by atoms with van der Waals surface area (Å²) in [4.78, 5) is 25.7. The Kier molecular flexibility index (Phi) is 5.81. The molecule has 2 aliphatic carbocycles. The Morgan fingerprint density at radius 2 is 1.69 bits per heavy atom. The van der Waals surface area contributed by atoms with Crippen molar-refractivity contribution in [2.75, 3.05) is 18.4 Å². The van der Waals surface area contributed by atoms with Crippen molar-refractivity contribution >= 4 is 17.7 Å². The van der Waals surface area contributed by atoms with Crippen molar-refractivity contribution in [1.29, 1.82) is 0 Å². The molecule has 0 bridgehead atoms. The van der Waals surface area contributed by atoms with Crippen LogP contribution in [0.4, 0.5) is 10.5 Å². The van der Waals surface area contributed by atoms with Crippen molar-refractivity contribution in [1.82, 2.24) is 10.2 Å². The van der Waals surface area contributed by atoms with Gasteiger partial charge in [-0.1, -0.05) is 48.5 Å². The van der Waals surface area contributed by atoms with E-state index in [4.69, 9.17) is 5.11 Å². The van der Waals surface area contributed by atoms with Crippen molar-refractivity contribution in [3.8, 4) is 11.1 Å². The number of nitrogens with zero attached hydrogens (tertiary/aromatic N) is 1. The Morgan fingerprint density at radius 3 is 2.38 bits per heavy atom. The second-order valence-corrected chi connectivity index (χ2v) is 8.10. The molecule has 2 aliphatic rings. The fourth-order valence-corrected chi connectivity index (χ4v) is 3.96. The maximum atomic E-state index is 12.5. The Bertz CT molecular complexity index is 861. The summed E-state index contributed by atoms with van der Waals surface area (Å²) in [5, 5.41) is 15.2. The molecule has 29 heavy (non-hydrogen) atoms. The summed E-state index contributed by atoms with van der Waals surface area (Å²) in [7, 11) is 0. The molecule has 0 saturated heterocycles. The molecule has 4 rings (SSSR count). The second kappa shape index (κ2) is 8.66. The van der Waals surface area contributed by atoms with Gasteiger partial charge in [0.05, 0.1) is 12.2 Å². The molecule has 0 spiro atoms. The largest absolute Gasteiger partial charge is 0.480 e. The fourth-order valence-electron chi connectivity index (χ4n) is 3.96. The van der Waals surface area contributed by atoms with Gasteiger partial charge >= 0.3 is 12.0 Å². The van der Waals surface area contributed by atoms with Crippen molar-refractivity contribution in [3.05, 3.63) is 54.6 Å². The van der Waals surface area contributed by atoms with Gasteiger partial charge in [-0.25, -0.2) is 4.79 Å². The number of carbonyl (C=O) groups excluding carboxylic acids is 1. The molecule has 2 aromatic carbocycles. The average molecular weight is 393 g/mol. The van der Waals surface area contributed by atoms with Crippen LogP contribution in [0.5, 0.6) is 0 Å². The summed E-state index contributed by atoms with van der Waals surface area (Å²) in [5.74, 6) is -0.128. The number of nitrogens with one attached hydrogen (secondary N) is 2. The SMILES string of the molecule is O=C(O)CN(CC1CC1)C1CC(NC(=O)Nc2ccccc2-c2ccccc2)C1. The van der Waals surface area contributed by atoms with Gasteiger partial charge in [0.1, 0.15) is 0 Å². The Balaban J connectivity index is 1.31. The molecular formula is C23H27N3O3. The number of carboxylic acids is 1. The maximum Gasteiger partial charge on any atom is 0.319 e. The molecule has 6 heteroatoms. The minimum Gasteiger partial charge on any atom is -0.480 e. The van der Waals surface area contributed by atoms with E-state index >= 15 is 0 Å². The molecular weight excluding hydrogens is 366 g/mol. The summed E-state index contributed by atoms with van der Waals surface area (Å²) in [6.07, 6.45) is 4.00. The number of carboxylic acid groups (broad SMARTS) is 1. The first-order valence-corrected chi connectivity index (χ1v) is 10.3.